The van der Waals surface area contributed by atoms with Crippen LogP contribution < -0.4 is 0 Å². The highest BCUT2D eigenvalue weighted by molar-refractivity contribution is 6.74. The van der Waals surface area contributed by atoms with E-state index in [1.165, 1.54) is 0 Å². The van der Waals surface area contributed by atoms with Crippen LogP contribution >= 0.6 is 0 Å². The molecule has 0 N–H and O–H groups in total. The van der Waals surface area contributed by atoms with Gasteiger partial charge < -0.3 is 4.43 Å². The van der Waals surface area contributed by atoms with Crippen molar-refractivity contribution in [2.24, 2.45) is 17.3 Å². The third-order valence-corrected chi connectivity index (χ3v) is 12.2. The second-order valence-electron chi connectivity index (χ2n) is 9.95. The number of carbonyl (C=O) groups excluding carboxylic acids is 2. The predicted octanol–water partition coefficient (Wildman–Crippen LogP) is 5.06. The molecule has 2 fully saturated rings. The number of allylic oxidation sites excluding steroid dienone is 2. The summed E-state index contributed by atoms with van der Waals surface area (Å²) < 4.78 is 6.88. The fourth-order valence-corrected chi connectivity index (χ4v) is 6.64. The Morgan fingerprint density at radius 2 is 1.88 bits per heavy atom. The number of carbonyl (C=O) groups is 2. The van der Waals surface area contributed by atoms with Gasteiger partial charge in [-0.15, -0.1) is 0 Å². The van der Waals surface area contributed by atoms with Crippen LogP contribution in [-0.4, -0.2) is 26.0 Å². The molecular weight excluding hydrogens is 328 g/mol. The number of fused-ring (bicyclic) bond motifs is 3. The average molecular weight is 363 g/mol. The summed E-state index contributed by atoms with van der Waals surface area (Å²) >= 11 is 0. The molecule has 0 aromatic heterocycles. The summed E-state index contributed by atoms with van der Waals surface area (Å²) in [5.74, 6) is 1.13. The second kappa shape index (κ2) is 6.16. The molecule has 0 heterocycles. The van der Waals surface area contributed by atoms with Crippen LogP contribution in [-0.2, 0) is 14.0 Å². The lowest BCUT2D eigenvalue weighted by molar-refractivity contribution is -0.128. The van der Waals surface area contributed by atoms with Crippen molar-refractivity contribution in [3.63, 3.8) is 0 Å². The zero-order valence-corrected chi connectivity index (χ0v) is 17.8. The Labute approximate surface area is 153 Å². The predicted molar refractivity (Wildman–Crippen MR) is 103 cm³/mol. The van der Waals surface area contributed by atoms with Gasteiger partial charge in [0.25, 0.3) is 0 Å². The van der Waals surface area contributed by atoms with Crippen molar-refractivity contribution in [2.45, 2.75) is 90.5 Å². The third-order valence-electron chi connectivity index (χ3n) is 7.74. The zero-order chi connectivity index (χ0) is 18.6. The minimum atomic E-state index is -1.87. The van der Waals surface area contributed by atoms with Crippen molar-refractivity contribution >= 4 is 19.9 Å². The Balaban J connectivity index is 1.93. The van der Waals surface area contributed by atoms with Crippen LogP contribution in [0.5, 0.6) is 0 Å². The molecule has 3 aliphatic rings. The van der Waals surface area contributed by atoms with Crippen LogP contribution in [0, 0.1) is 17.3 Å². The number of hydrogen-bond acceptors (Lipinski definition) is 3. The van der Waals surface area contributed by atoms with E-state index in [4.69, 9.17) is 4.43 Å². The molecule has 3 rings (SSSR count). The summed E-state index contributed by atoms with van der Waals surface area (Å²) in [5, 5.41) is 0.182. The smallest absolute Gasteiger partial charge is 0.192 e. The van der Waals surface area contributed by atoms with Gasteiger partial charge in [0, 0.05) is 23.8 Å². The normalized spacial score (nSPS) is 36.1. The average Bonchev–Trinajstić information content (AvgIpc) is 2.85. The lowest BCUT2D eigenvalue weighted by atomic mass is 9.57. The molecule has 0 amide bonds. The van der Waals surface area contributed by atoms with Crippen LogP contribution in [0.3, 0.4) is 0 Å². The van der Waals surface area contributed by atoms with E-state index in [2.05, 4.69) is 40.8 Å². The van der Waals surface area contributed by atoms with Crippen LogP contribution in [0.15, 0.2) is 11.6 Å². The van der Waals surface area contributed by atoms with Crippen molar-refractivity contribution in [3.05, 3.63) is 11.6 Å². The van der Waals surface area contributed by atoms with E-state index in [9.17, 15) is 9.59 Å². The summed E-state index contributed by atoms with van der Waals surface area (Å²) in [5.41, 5.74) is 0.813. The standard InChI is InChI=1S/C21H34O3Si/c1-7-21-13-18(23)16-12-14(22)8-9-15(16)17(21)10-11-19(21)24-25(5,6)20(2,3)4/h12,15,17,19H,7-11,13H2,1-6H3/t15-,17+,19-,21+/m1/s1. The number of hydrogen-bond donors (Lipinski definition) is 0. The van der Waals surface area contributed by atoms with E-state index in [0.717, 1.165) is 31.3 Å². The summed E-state index contributed by atoms with van der Waals surface area (Å²) in [6.07, 6.45) is 7.10. The molecule has 3 aliphatic carbocycles. The number of Topliss-reactive ketones (excluding diaryl/α,β-unsaturated/α-hetero) is 1. The Bertz CT molecular complexity index is 613. The lowest BCUT2D eigenvalue weighted by Gasteiger charge is -2.50. The van der Waals surface area contributed by atoms with Gasteiger partial charge in [-0.1, -0.05) is 27.7 Å². The van der Waals surface area contributed by atoms with Gasteiger partial charge >= 0.3 is 0 Å². The molecular formula is C21H34O3Si. The minimum absolute atomic E-state index is 0.0189. The lowest BCUT2D eigenvalue weighted by Crippen LogP contribution is -2.52. The quantitative estimate of drug-likeness (QED) is 0.659. The molecule has 0 spiro atoms. The molecule has 25 heavy (non-hydrogen) atoms. The van der Waals surface area contributed by atoms with Crippen LogP contribution in [0.2, 0.25) is 18.1 Å². The molecule has 4 atom stereocenters. The second-order valence-corrected chi connectivity index (χ2v) is 14.7. The first kappa shape index (κ1) is 19.0. The minimum Gasteiger partial charge on any atom is -0.413 e. The van der Waals surface area contributed by atoms with Crippen LogP contribution in [0.1, 0.15) is 66.2 Å². The molecule has 0 saturated heterocycles. The molecule has 0 unspecified atom stereocenters. The molecule has 4 heteroatoms. The Morgan fingerprint density at radius 3 is 2.48 bits per heavy atom. The van der Waals surface area contributed by atoms with Gasteiger partial charge in [-0.25, -0.2) is 0 Å². The third kappa shape index (κ3) is 2.99. The Hall–Kier alpha value is -0.743. The van der Waals surface area contributed by atoms with Crippen molar-refractivity contribution in [1.82, 2.24) is 0 Å². The summed E-state index contributed by atoms with van der Waals surface area (Å²) in [4.78, 5) is 24.7. The van der Waals surface area contributed by atoms with Gasteiger partial charge in [0.1, 0.15) is 0 Å². The Kier molecular flexibility index (Phi) is 4.69. The maximum atomic E-state index is 12.9. The summed E-state index contributed by atoms with van der Waals surface area (Å²) in [6.45, 7) is 13.7. The van der Waals surface area contributed by atoms with Gasteiger partial charge in [0.05, 0.1) is 6.10 Å². The molecule has 2 saturated carbocycles. The first-order valence-corrected chi connectivity index (χ1v) is 12.9. The maximum Gasteiger partial charge on any atom is 0.192 e. The molecule has 0 radical (unpaired) electrons. The van der Waals surface area contributed by atoms with Crippen molar-refractivity contribution in [1.29, 1.82) is 0 Å². The van der Waals surface area contributed by atoms with E-state index < -0.39 is 8.32 Å². The van der Waals surface area contributed by atoms with E-state index >= 15 is 0 Å². The van der Waals surface area contributed by atoms with E-state index in [1.807, 2.05) is 0 Å². The van der Waals surface area contributed by atoms with Crippen LogP contribution in [0.25, 0.3) is 0 Å². The largest absolute Gasteiger partial charge is 0.413 e. The van der Waals surface area contributed by atoms with Crippen LogP contribution in [0.4, 0.5) is 0 Å². The van der Waals surface area contributed by atoms with Crippen molar-refractivity contribution < 1.29 is 14.0 Å². The van der Waals surface area contributed by atoms with Gasteiger partial charge in [0.15, 0.2) is 19.9 Å². The molecule has 0 aromatic carbocycles. The van der Waals surface area contributed by atoms with E-state index in [1.54, 1.807) is 6.08 Å². The highest BCUT2D eigenvalue weighted by Crippen LogP contribution is 2.60. The van der Waals surface area contributed by atoms with Crippen molar-refractivity contribution in [2.75, 3.05) is 0 Å². The van der Waals surface area contributed by atoms with Gasteiger partial charge in [0.2, 0.25) is 0 Å². The van der Waals surface area contributed by atoms with Crippen molar-refractivity contribution in [3.8, 4) is 0 Å². The first-order chi connectivity index (χ1) is 11.5. The fraction of sp³-hybridized carbons (Fsp3) is 0.810. The highest BCUT2D eigenvalue weighted by atomic mass is 28.4. The van der Waals surface area contributed by atoms with Gasteiger partial charge in [-0.3, -0.25) is 9.59 Å². The topological polar surface area (TPSA) is 43.4 Å². The molecule has 0 aromatic rings. The maximum absolute atomic E-state index is 12.9. The SMILES string of the molecule is CC[C@]12CC(=O)C3=CC(=O)CC[C@H]3[C@@H]1CC[C@H]2O[Si](C)(C)C(C)(C)C. The number of rotatable bonds is 3. The molecule has 3 nitrogen and oxygen atoms in total. The van der Waals surface area contributed by atoms with Gasteiger partial charge in [-0.2, -0.15) is 0 Å². The highest BCUT2D eigenvalue weighted by Gasteiger charge is 2.59. The summed E-state index contributed by atoms with van der Waals surface area (Å²) in [7, 11) is -1.87. The molecule has 140 valence electrons. The monoisotopic (exact) mass is 362 g/mol. The fourth-order valence-electron chi connectivity index (χ4n) is 5.23. The zero-order valence-electron chi connectivity index (χ0n) is 16.8. The molecule has 0 bridgehead atoms. The summed E-state index contributed by atoms with van der Waals surface area (Å²) in [6, 6.07) is 0. The van der Waals surface area contributed by atoms with E-state index in [-0.39, 0.29) is 34.0 Å². The molecule has 0 aliphatic heterocycles. The first-order valence-electron chi connectivity index (χ1n) is 9.97. The van der Waals surface area contributed by atoms with Gasteiger partial charge in [-0.05, 0) is 61.7 Å². The Morgan fingerprint density at radius 1 is 1.20 bits per heavy atom. The van der Waals surface area contributed by atoms with E-state index in [0.29, 0.717) is 18.8 Å². The number of ketones is 2.